The Morgan fingerprint density at radius 2 is 1.76 bits per heavy atom. The van der Waals surface area contributed by atoms with E-state index in [-0.39, 0.29) is 36.0 Å². The fourth-order valence-electron chi connectivity index (χ4n) is 5.59. The fraction of sp³-hybridized carbons (Fsp3) is 0.500. The SMILES string of the molecule is COc1cc2c(cc1OC)C1(CCN(C(=O)[C@H]3CC[C@H](c4ccccc4)N3)CC1)OCC2.Cl. The number of carbonyl (C=O) groups excluding carboxylic acids is 1. The Bertz CT molecular complexity index is 976. The molecule has 0 aliphatic carbocycles. The standard InChI is InChI=1S/C26H32N2O4.ClH/c1-30-23-16-19-10-15-32-26(20(19)17-24(23)31-2)11-13-28(14-12-26)25(29)22-9-8-21(27-22)18-6-4-3-5-7-18;/h3-7,16-17,21-22,27H,8-15H2,1-2H3;1H/t21-,22-;/m1./s1. The fourth-order valence-corrected chi connectivity index (χ4v) is 5.59. The number of amides is 1. The maximum Gasteiger partial charge on any atom is 0.239 e. The molecule has 0 radical (unpaired) electrons. The lowest BCUT2D eigenvalue weighted by atomic mass is 9.79. The molecule has 2 aromatic rings. The summed E-state index contributed by atoms with van der Waals surface area (Å²) in [5.74, 6) is 1.72. The molecule has 3 heterocycles. The van der Waals surface area contributed by atoms with Crippen molar-refractivity contribution in [1.29, 1.82) is 0 Å². The molecule has 5 rings (SSSR count). The van der Waals surface area contributed by atoms with Gasteiger partial charge in [-0.3, -0.25) is 10.1 Å². The van der Waals surface area contributed by atoms with Gasteiger partial charge in [0.1, 0.15) is 0 Å². The van der Waals surface area contributed by atoms with Gasteiger partial charge in [-0.15, -0.1) is 12.4 Å². The summed E-state index contributed by atoms with van der Waals surface area (Å²) in [6, 6.07) is 14.7. The van der Waals surface area contributed by atoms with E-state index in [0.29, 0.717) is 19.7 Å². The second kappa shape index (κ2) is 9.92. The molecule has 6 nitrogen and oxygen atoms in total. The minimum Gasteiger partial charge on any atom is -0.493 e. The largest absolute Gasteiger partial charge is 0.493 e. The van der Waals surface area contributed by atoms with Crippen LogP contribution in [0.2, 0.25) is 0 Å². The van der Waals surface area contributed by atoms with Gasteiger partial charge in [0, 0.05) is 19.1 Å². The van der Waals surface area contributed by atoms with Crippen molar-refractivity contribution in [2.75, 3.05) is 33.9 Å². The first-order valence-electron chi connectivity index (χ1n) is 11.6. The molecule has 3 aliphatic heterocycles. The van der Waals surface area contributed by atoms with Crippen molar-refractivity contribution in [2.45, 2.75) is 49.8 Å². The molecule has 33 heavy (non-hydrogen) atoms. The van der Waals surface area contributed by atoms with Crippen LogP contribution in [0.5, 0.6) is 11.5 Å². The minimum atomic E-state index is -0.348. The van der Waals surface area contributed by atoms with Crippen LogP contribution in [0.15, 0.2) is 42.5 Å². The van der Waals surface area contributed by atoms with Crippen molar-refractivity contribution in [3.8, 4) is 11.5 Å². The highest BCUT2D eigenvalue weighted by Gasteiger charge is 2.43. The Balaban J connectivity index is 0.00000259. The third kappa shape index (κ3) is 4.44. The Morgan fingerprint density at radius 1 is 1.06 bits per heavy atom. The molecule has 2 atom stereocenters. The number of likely N-dealkylation sites (tertiary alicyclic amines) is 1. The number of benzene rings is 2. The first-order chi connectivity index (χ1) is 15.6. The van der Waals surface area contributed by atoms with E-state index in [0.717, 1.165) is 43.6 Å². The van der Waals surface area contributed by atoms with Crippen LogP contribution in [0.1, 0.15) is 48.4 Å². The van der Waals surface area contributed by atoms with Gasteiger partial charge in [-0.1, -0.05) is 30.3 Å². The van der Waals surface area contributed by atoms with E-state index >= 15 is 0 Å². The minimum absolute atomic E-state index is 0. The van der Waals surface area contributed by atoms with Crippen LogP contribution in [0.4, 0.5) is 0 Å². The van der Waals surface area contributed by atoms with Gasteiger partial charge in [-0.05, 0) is 60.9 Å². The van der Waals surface area contributed by atoms with Gasteiger partial charge in [-0.2, -0.15) is 0 Å². The molecular formula is C26H33ClN2O4. The van der Waals surface area contributed by atoms with Crippen molar-refractivity contribution in [3.63, 3.8) is 0 Å². The van der Waals surface area contributed by atoms with Crippen LogP contribution in [-0.4, -0.2) is 50.8 Å². The van der Waals surface area contributed by atoms with Crippen LogP contribution >= 0.6 is 12.4 Å². The van der Waals surface area contributed by atoms with E-state index in [1.165, 1.54) is 16.7 Å². The van der Waals surface area contributed by atoms with Crippen molar-refractivity contribution in [3.05, 3.63) is 59.2 Å². The second-order valence-corrected chi connectivity index (χ2v) is 9.04. The summed E-state index contributed by atoms with van der Waals surface area (Å²) in [6.07, 6.45) is 4.35. The van der Waals surface area contributed by atoms with Gasteiger partial charge in [0.2, 0.25) is 5.91 Å². The zero-order chi connectivity index (χ0) is 22.1. The molecule has 1 N–H and O–H groups in total. The van der Waals surface area contributed by atoms with Crippen LogP contribution in [-0.2, 0) is 21.6 Å². The topological polar surface area (TPSA) is 60.0 Å². The highest BCUT2D eigenvalue weighted by molar-refractivity contribution is 5.85. The third-order valence-electron chi connectivity index (χ3n) is 7.38. The van der Waals surface area contributed by atoms with Gasteiger partial charge < -0.3 is 19.1 Å². The number of fused-ring (bicyclic) bond motifs is 2. The number of nitrogens with one attached hydrogen (secondary N) is 1. The number of ether oxygens (including phenoxy) is 3. The van der Waals surface area contributed by atoms with Crippen LogP contribution in [0.3, 0.4) is 0 Å². The number of hydrogen-bond donors (Lipinski definition) is 1. The molecule has 0 bridgehead atoms. The molecule has 1 amide bonds. The molecule has 3 aliphatic rings. The number of rotatable bonds is 4. The Morgan fingerprint density at radius 3 is 2.45 bits per heavy atom. The maximum atomic E-state index is 13.3. The lowest BCUT2D eigenvalue weighted by molar-refractivity contribution is -0.142. The van der Waals surface area contributed by atoms with Crippen molar-refractivity contribution < 1.29 is 19.0 Å². The molecular weight excluding hydrogens is 440 g/mol. The predicted molar refractivity (Wildman–Crippen MR) is 129 cm³/mol. The zero-order valence-corrected chi connectivity index (χ0v) is 20.2. The number of carbonyl (C=O) groups is 1. The zero-order valence-electron chi connectivity index (χ0n) is 19.3. The van der Waals surface area contributed by atoms with Crippen molar-refractivity contribution >= 4 is 18.3 Å². The molecule has 2 saturated heterocycles. The van der Waals surface area contributed by atoms with Gasteiger partial charge in [-0.25, -0.2) is 0 Å². The molecule has 1 spiro atoms. The number of nitrogens with zero attached hydrogens (tertiary/aromatic N) is 1. The Hall–Kier alpha value is -2.28. The molecule has 178 valence electrons. The monoisotopic (exact) mass is 472 g/mol. The number of hydrogen-bond acceptors (Lipinski definition) is 5. The molecule has 7 heteroatoms. The van der Waals surface area contributed by atoms with Crippen molar-refractivity contribution in [2.24, 2.45) is 0 Å². The summed E-state index contributed by atoms with van der Waals surface area (Å²) in [5.41, 5.74) is 3.37. The lowest BCUT2D eigenvalue weighted by Gasteiger charge is -2.45. The number of halogens is 1. The van der Waals surface area contributed by atoms with Gasteiger partial charge in [0.15, 0.2) is 11.5 Å². The molecule has 2 aromatic carbocycles. The summed E-state index contributed by atoms with van der Waals surface area (Å²) in [4.78, 5) is 15.3. The van der Waals surface area contributed by atoms with Gasteiger partial charge in [0.05, 0.1) is 32.5 Å². The Labute approximate surface area is 202 Å². The smallest absolute Gasteiger partial charge is 0.239 e. The summed E-state index contributed by atoms with van der Waals surface area (Å²) in [6.45, 7) is 2.11. The van der Waals surface area contributed by atoms with E-state index in [1.807, 2.05) is 11.0 Å². The summed E-state index contributed by atoms with van der Waals surface area (Å²) in [7, 11) is 3.34. The van der Waals surface area contributed by atoms with Gasteiger partial charge in [0.25, 0.3) is 0 Å². The molecule has 0 saturated carbocycles. The predicted octanol–water partition coefficient (Wildman–Crippen LogP) is 4.01. The van der Waals surface area contributed by atoms with Crippen LogP contribution in [0.25, 0.3) is 0 Å². The molecule has 0 unspecified atom stereocenters. The van der Waals surface area contributed by atoms with E-state index in [1.54, 1.807) is 14.2 Å². The van der Waals surface area contributed by atoms with E-state index in [2.05, 4.69) is 41.7 Å². The quantitative estimate of drug-likeness (QED) is 0.728. The number of piperidine rings is 1. The third-order valence-corrected chi connectivity index (χ3v) is 7.38. The summed E-state index contributed by atoms with van der Waals surface area (Å²) >= 11 is 0. The maximum absolute atomic E-state index is 13.3. The molecule has 0 aromatic heterocycles. The molecule has 2 fully saturated rings. The average molecular weight is 473 g/mol. The highest BCUT2D eigenvalue weighted by Crippen LogP contribution is 2.45. The van der Waals surface area contributed by atoms with Crippen molar-refractivity contribution in [1.82, 2.24) is 10.2 Å². The first kappa shape index (κ1) is 23.9. The number of methoxy groups -OCH3 is 2. The highest BCUT2D eigenvalue weighted by atomic mass is 35.5. The van der Waals surface area contributed by atoms with Crippen LogP contribution in [0, 0.1) is 0 Å². The second-order valence-electron chi connectivity index (χ2n) is 9.04. The van der Waals surface area contributed by atoms with Crippen LogP contribution < -0.4 is 14.8 Å². The van der Waals surface area contributed by atoms with E-state index in [9.17, 15) is 4.79 Å². The summed E-state index contributed by atoms with van der Waals surface area (Å²) < 4.78 is 17.4. The van der Waals surface area contributed by atoms with E-state index < -0.39 is 0 Å². The lowest BCUT2D eigenvalue weighted by Crippen LogP contribution is -2.52. The summed E-state index contributed by atoms with van der Waals surface area (Å²) in [5, 5.41) is 3.57. The van der Waals surface area contributed by atoms with E-state index in [4.69, 9.17) is 14.2 Å². The average Bonchev–Trinajstić information content (AvgIpc) is 3.34. The van der Waals surface area contributed by atoms with Gasteiger partial charge >= 0.3 is 0 Å². The Kier molecular flexibility index (Phi) is 7.17. The first-order valence-corrected chi connectivity index (χ1v) is 11.6. The normalized spacial score (nSPS) is 23.5.